The number of carbonyl (C=O) groups is 3. The van der Waals surface area contributed by atoms with Crippen molar-refractivity contribution in [2.75, 3.05) is 6.61 Å². The lowest BCUT2D eigenvalue weighted by Gasteiger charge is -2.38. The third kappa shape index (κ3) is 3.80. The fraction of sp³-hybridized carbons (Fsp3) is 0.471. The zero-order chi connectivity index (χ0) is 18.0. The van der Waals surface area contributed by atoms with Gasteiger partial charge in [-0.2, -0.15) is 0 Å². The van der Waals surface area contributed by atoms with Gasteiger partial charge in [0.25, 0.3) is 0 Å². The van der Waals surface area contributed by atoms with E-state index < -0.39 is 42.6 Å². The highest BCUT2D eigenvalue weighted by Gasteiger charge is 2.55. The lowest BCUT2D eigenvalue weighted by atomic mass is 9.99. The minimum absolute atomic E-state index is 0.179. The first-order chi connectivity index (χ1) is 12.0. The smallest absolute Gasteiger partial charge is 0.340 e. The minimum Gasteiger partial charge on any atom is -0.457 e. The van der Waals surface area contributed by atoms with Crippen LogP contribution in [0.4, 0.5) is 0 Å². The molecule has 1 aromatic carbocycles. The Bertz CT molecular complexity index is 662. The van der Waals surface area contributed by atoms with Crippen molar-refractivity contribution in [1.82, 2.24) is 5.32 Å². The van der Waals surface area contributed by atoms with Crippen LogP contribution in [0.25, 0.3) is 0 Å². The van der Waals surface area contributed by atoms with Crippen molar-refractivity contribution in [3.8, 4) is 0 Å². The Morgan fingerprint density at radius 1 is 1.12 bits per heavy atom. The molecule has 2 fully saturated rings. The quantitative estimate of drug-likeness (QED) is 0.786. The first-order valence-corrected chi connectivity index (χ1v) is 7.93. The summed E-state index contributed by atoms with van der Waals surface area (Å²) in [6, 6.07) is 7.66. The average molecular weight is 349 g/mol. The molecule has 0 saturated carbocycles. The van der Waals surface area contributed by atoms with E-state index in [0.29, 0.717) is 5.56 Å². The second kappa shape index (κ2) is 7.20. The molecule has 8 nitrogen and oxygen atoms in total. The van der Waals surface area contributed by atoms with Gasteiger partial charge in [-0.3, -0.25) is 9.59 Å². The van der Waals surface area contributed by atoms with Crippen molar-refractivity contribution < 1.29 is 33.3 Å². The maximum Gasteiger partial charge on any atom is 0.340 e. The van der Waals surface area contributed by atoms with Crippen molar-refractivity contribution in [2.45, 2.75) is 44.5 Å². The molecule has 0 aromatic heterocycles. The molecule has 3 rings (SSSR count). The highest BCUT2D eigenvalue weighted by atomic mass is 16.7. The van der Waals surface area contributed by atoms with Crippen molar-refractivity contribution >= 4 is 17.8 Å². The van der Waals surface area contributed by atoms with Gasteiger partial charge in [-0.05, 0) is 12.1 Å². The number of rotatable bonds is 4. The van der Waals surface area contributed by atoms with Crippen molar-refractivity contribution in [1.29, 1.82) is 0 Å². The van der Waals surface area contributed by atoms with Gasteiger partial charge in [0.05, 0.1) is 12.2 Å². The molecule has 8 heteroatoms. The van der Waals surface area contributed by atoms with E-state index in [4.69, 9.17) is 18.9 Å². The third-order valence-electron chi connectivity index (χ3n) is 4.00. The van der Waals surface area contributed by atoms with Gasteiger partial charge in [0.15, 0.2) is 6.10 Å². The molecule has 2 saturated heterocycles. The molecule has 0 aliphatic carbocycles. The second-order valence-electron chi connectivity index (χ2n) is 5.91. The Morgan fingerprint density at radius 2 is 1.84 bits per heavy atom. The maximum atomic E-state index is 12.3. The molecule has 5 atom stereocenters. The van der Waals surface area contributed by atoms with Gasteiger partial charge in [-0.25, -0.2) is 4.79 Å². The number of ether oxygens (including phenoxy) is 4. The van der Waals surface area contributed by atoms with Crippen LogP contribution in [0.1, 0.15) is 24.2 Å². The highest BCUT2D eigenvalue weighted by molar-refractivity contribution is 5.89. The first kappa shape index (κ1) is 17.4. The number of hydrogen-bond acceptors (Lipinski definition) is 7. The van der Waals surface area contributed by atoms with Crippen LogP contribution in [0, 0.1) is 0 Å². The van der Waals surface area contributed by atoms with E-state index in [-0.39, 0.29) is 12.5 Å². The summed E-state index contributed by atoms with van der Waals surface area (Å²) in [5, 5.41) is 2.66. The fourth-order valence-electron chi connectivity index (χ4n) is 3.01. The summed E-state index contributed by atoms with van der Waals surface area (Å²) in [6.45, 7) is 2.80. The zero-order valence-electron chi connectivity index (χ0n) is 13.8. The Hall–Kier alpha value is -2.45. The van der Waals surface area contributed by atoms with E-state index in [1.807, 2.05) is 0 Å². The fourth-order valence-corrected chi connectivity index (χ4v) is 3.01. The maximum absolute atomic E-state index is 12.3. The number of esters is 2. The molecule has 134 valence electrons. The van der Waals surface area contributed by atoms with Crippen LogP contribution >= 0.6 is 0 Å². The van der Waals surface area contributed by atoms with Crippen LogP contribution in [-0.4, -0.2) is 55.1 Å². The van der Waals surface area contributed by atoms with Crippen LogP contribution in [0.5, 0.6) is 0 Å². The molecule has 2 heterocycles. The van der Waals surface area contributed by atoms with E-state index in [0.717, 1.165) is 0 Å². The van der Waals surface area contributed by atoms with E-state index in [1.54, 1.807) is 30.3 Å². The van der Waals surface area contributed by atoms with E-state index in [9.17, 15) is 14.4 Å². The van der Waals surface area contributed by atoms with Gasteiger partial charge < -0.3 is 24.3 Å². The van der Waals surface area contributed by atoms with Crippen LogP contribution < -0.4 is 5.32 Å². The number of nitrogens with one attached hydrogen (secondary N) is 1. The molecular formula is C17H19NO7. The average Bonchev–Trinajstić information content (AvgIpc) is 2.85. The standard InChI is InChI=1S/C17H19NO7/c1-9(19)18-13-15-14(23-10(2)20)12(8-22-15)24-17(13)25-16(21)11-6-4-3-5-7-11/h3-7,12-15,17H,8H2,1-2H3,(H,18,19). The van der Waals surface area contributed by atoms with Crippen LogP contribution in [0.2, 0.25) is 0 Å². The Kier molecular flexibility index (Phi) is 5.00. The largest absolute Gasteiger partial charge is 0.457 e. The van der Waals surface area contributed by atoms with Crippen LogP contribution in [0.3, 0.4) is 0 Å². The molecule has 0 spiro atoms. The molecule has 5 unspecified atom stereocenters. The topological polar surface area (TPSA) is 100 Å². The molecule has 1 amide bonds. The zero-order valence-corrected chi connectivity index (χ0v) is 13.8. The number of fused-ring (bicyclic) bond motifs is 2. The highest BCUT2D eigenvalue weighted by Crippen LogP contribution is 2.33. The molecule has 2 aliphatic heterocycles. The Labute approximate surface area is 144 Å². The first-order valence-electron chi connectivity index (χ1n) is 7.93. The Morgan fingerprint density at radius 3 is 2.48 bits per heavy atom. The molecule has 0 radical (unpaired) electrons. The molecule has 2 bridgehead atoms. The molecule has 2 aliphatic rings. The minimum atomic E-state index is -1.04. The molecule has 1 aromatic rings. The van der Waals surface area contributed by atoms with Gasteiger partial charge in [0, 0.05) is 13.8 Å². The van der Waals surface area contributed by atoms with E-state index in [1.165, 1.54) is 13.8 Å². The summed E-state index contributed by atoms with van der Waals surface area (Å²) in [4.78, 5) is 35.1. The van der Waals surface area contributed by atoms with Gasteiger partial charge >= 0.3 is 11.9 Å². The van der Waals surface area contributed by atoms with Gasteiger partial charge in [-0.15, -0.1) is 0 Å². The van der Waals surface area contributed by atoms with Crippen molar-refractivity contribution in [3.05, 3.63) is 35.9 Å². The lowest BCUT2D eigenvalue weighted by molar-refractivity contribution is -0.216. The predicted molar refractivity (Wildman–Crippen MR) is 83.4 cm³/mol. The van der Waals surface area contributed by atoms with Gasteiger partial charge in [0.2, 0.25) is 12.2 Å². The number of carbonyl (C=O) groups excluding carboxylic acids is 3. The summed E-state index contributed by atoms with van der Waals surface area (Å²) >= 11 is 0. The van der Waals surface area contributed by atoms with Gasteiger partial charge in [-0.1, -0.05) is 18.2 Å². The van der Waals surface area contributed by atoms with Crippen molar-refractivity contribution in [3.63, 3.8) is 0 Å². The monoisotopic (exact) mass is 349 g/mol. The molecular weight excluding hydrogens is 330 g/mol. The second-order valence-corrected chi connectivity index (χ2v) is 5.91. The number of benzene rings is 1. The summed E-state index contributed by atoms with van der Waals surface area (Å²) in [7, 11) is 0. The third-order valence-corrected chi connectivity index (χ3v) is 4.00. The SMILES string of the molecule is CC(=O)NC1C(OC(=O)c2ccccc2)OC2COC1C2OC(C)=O. The summed E-state index contributed by atoms with van der Waals surface area (Å²) in [5.41, 5.74) is 0.364. The Balaban J connectivity index is 1.78. The number of hydrogen-bond donors (Lipinski definition) is 1. The van der Waals surface area contributed by atoms with Crippen LogP contribution in [0.15, 0.2) is 30.3 Å². The summed E-state index contributed by atoms with van der Waals surface area (Å²) in [6.07, 6.45) is -2.92. The molecule has 25 heavy (non-hydrogen) atoms. The van der Waals surface area contributed by atoms with Gasteiger partial charge in [0.1, 0.15) is 18.2 Å². The summed E-state index contributed by atoms with van der Waals surface area (Å²) < 4.78 is 22.0. The normalized spacial score (nSPS) is 30.4. The summed E-state index contributed by atoms with van der Waals surface area (Å²) in [5.74, 6) is -1.40. The number of amides is 1. The van der Waals surface area contributed by atoms with E-state index >= 15 is 0 Å². The van der Waals surface area contributed by atoms with E-state index in [2.05, 4.69) is 5.32 Å². The predicted octanol–water partition coefficient (Wildman–Crippen LogP) is 0.403. The van der Waals surface area contributed by atoms with Crippen molar-refractivity contribution in [2.24, 2.45) is 0 Å². The molecule has 1 N–H and O–H groups in total. The lowest BCUT2D eigenvalue weighted by Crippen LogP contribution is -2.61. The van der Waals surface area contributed by atoms with Crippen LogP contribution in [-0.2, 0) is 28.5 Å².